The molecule has 3 aromatic rings. The minimum Gasteiger partial charge on any atom is -0.321 e. The highest BCUT2D eigenvalue weighted by molar-refractivity contribution is 7.13. The number of hydrogen-bond acceptors (Lipinski definition) is 6. The molecule has 0 aliphatic rings. The molecule has 2 aromatic heterocycles. The number of carbonyl (C=O) groups is 1. The summed E-state index contributed by atoms with van der Waals surface area (Å²) in [4.78, 5) is 17.8. The van der Waals surface area contributed by atoms with Gasteiger partial charge in [-0.2, -0.15) is 0 Å². The number of nitrogens with one attached hydrogen (secondary N) is 1. The van der Waals surface area contributed by atoms with Gasteiger partial charge >= 0.3 is 0 Å². The van der Waals surface area contributed by atoms with Gasteiger partial charge in [0.05, 0.1) is 16.4 Å². The quantitative estimate of drug-likeness (QED) is 0.732. The van der Waals surface area contributed by atoms with E-state index < -0.39 is 0 Å². The predicted octanol–water partition coefficient (Wildman–Crippen LogP) is 3.33. The summed E-state index contributed by atoms with van der Waals surface area (Å²) in [6.45, 7) is 5.99. The number of unbranched alkanes of at least 4 members (excludes halogenated alkanes) is 1. The molecule has 130 valence electrons. The van der Waals surface area contributed by atoms with Crippen LogP contribution in [0.25, 0.3) is 5.69 Å². The molecule has 0 bridgehead atoms. The molecule has 0 saturated carbocycles. The first-order chi connectivity index (χ1) is 12.1. The highest BCUT2D eigenvalue weighted by Crippen LogP contribution is 2.23. The fraction of sp³-hybridized carbons (Fsp3) is 0.353. The number of nitrogens with zero attached hydrogens (tertiary/aromatic N) is 5. The summed E-state index contributed by atoms with van der Waals surface area (Å²) in [6.07, 6.45) is 4.65. The first-order valence-corrected chi connectivity index (χ1v) is 9.01. The van der Waals surface area contributed by atoms with Gasteiger partial charge in [0.2, 0.25) is 0 Å². The van der Waals surface area contributed by atoms with Crippen LogP contribution in [0.2, 0.25) is 0 Å². The van der Waals surface area contributed by atoms with Crippen molar-refractivity contribution >= 4 is 22.9 Å². The third-order valence-corrected chi connectivity index (χ3v) is 5.07. The SMILES string of the molecule is CCCCc1nc(C)c(C(=O)Nc2ccc(C)c(-n3cnnn3)c2)s1. The van der Waals surface area contributed by atoms with Crippen molar-refractivity contribution in [2.75, 3.05) is 5.32 Å². The maximum atomic E-state index is 12.6. The summed E-state index contributed by atoms with van der Waals surface area (Å²) >= 11 is 1.47. The Morgan fingerprint density at radius 2 is 2.16 bits per heavy atom. The zero-order valence-corrected chi connectivity index (χ0v) is 15.3. The molecule has 25 heavy (non-hydrogen) atoms. The lowest BCUT2D eigenvalue weighted by molar-refractivity contribution is 0.103. The molecule has 2 heterocycles. The Balaban J connectivity index is 1.79. The van der Waals surface area contributed by atoms with Crippen LogP contribution in [-0.4, -0.2) is 31.1 Å². The largest absolute Gasteiger partial charge is 0.321 e. The first-order valence-electron chi connectivity index (χ1n) is 8.20. The predicted molar refractivity (Wildman–Crippen MR) is 97.3 cm³/mol. The lowest BCUT2D eigenvalue weighted by atomic mass is 10.2. The smallest absolute Gasteiger partial charge is 0.267 e. The number of anilines is 1. The molecule has 0 atom stereocenters. The van der Waals surface area contributed by atoms with E-state index in [1.54, 1.807) is 4.68 Å². The van der Waals surface area contributed by atoms with Crippen molar-refractivity contribution in [2.24, 2.45) is 0 Å². The van der Waals surface area contributed by atoms with E-state index in [4.69, 9.17) is 0 Å². The Hall–Kier alpha value is -2.61. The summed E-state index contributed by atoms with van der Waals surface area (Å²) < 4.78 is 1.58. The number of hydrogen-bond donors (Lipinski definition) is 1. The molecule has 0 radical (unpaired) electrons. The van der Waals surface area contributed by atoms with Crippen LogP contribution < -0.4 is 5.32 Å². The van der Waals surface area contributed by atoms with Crippen LogP contribution in [0, 0.1) is 13.8 Å². The number of carbonyl (C=O) groups excluding carboxylic acids is 1. The van der Waals surface area contributed by atoms with Gasteiger partial charge in [-0.05, 0) is 54.8 Å². The third kappa shape index (κ3) is 3.90. The highest BCUT2D eigenvalue weighted by atomic mass is 32.1. The normalized spacial score (nSPS) is 10.8. The summed E-state index contributed by atoms with van der Waals surface area (Å²) in [5.41, 5.74) is 3.32. The van der Waals surface area contributed by atoms with Crippen LogP contribution in [0.5, 0.6) is 0 Å². The Kier molecular flexibility index (Phi) is 5.18. The molecular formula is C17H20N6OS. The second-order valence-corrected chi connectivity index (χ2v) is 6.92. The van der Waals surface area contributed by atoms with Crippen molar-refractivity contribution in [3.05, 3.63) is 45.7 Å². The second kappa shape index (κ2) is 7.52. The van der Waals surface area contributed by atoms with E-state index in [0.717, 1.165) is 41.2 Å². The van der Waals surface area contributed by atoms with E-state index in [1.165, 1.54) is 17.7 Å². The zero-order chi connectivity index (χ0) is 17.8. The number of amides is 1. The van der Waals surface area contributed by atoms with Crippen molar-refractivity contribution in [3.8, 4) is 5.69 Å². The molecule has 0 saturated heterocycles. The molecule has 0 aliphatic carbocycles. The van der Waals surface area contributed by atoms with Crippen LogP contribution in [0.1, 0.15) is 45.7 Å². The van der Waals surface area contributed by atoms with E-state index in [1.807, 2.05) is 32.0 Å². The Morgan fingerprint density at radius 1 is 1.32 bits per heavy atom. The van der Waals surface area contributed by atoms with E-state index in [9.17, 15) is 4.79 Å². The van der Waals surface area contributed by atoms with Crippen molar-refractivity contribution < 1.29 is 4.79 Å². The summed E-state index contributed by atoms with van der Waals surface area (Å²) in [7, 11) is 0. The molecule has 3 rings (SSSR count). The summed E-state index contributed by atoms with van der Waals surface area (Å²) in [5.74, 6) is -0.135. The number of aromatic nitrogens is 5. The number of aryl methyl sites for hydroxylation is 3. The van der Waals surface area contributed by atoms with Gasteiger partial charge in [-0.25, -0.2) is 9.67 Å². The fourth-order valence-electron chi connectivity index (χ4n) is 2.49. The van der Waals surface area contributed by atoms with Gasteiger partial charge in [0.15, 0.2) is 0 Å². The molecule has 1 aromatic carbocycles. The summed E-state index contributed by atoms with van der Waals surface area (Å²) in [6, 6.07) is 5.66. The minimum atomic E-state index is -0.135. The van der Waals surface area contributed by atoms with Gasteiger partial charge < -0.3 is 5.32 Å². The molecule has 0 fully saturated rings. The monoisotopic (exact) mass is 356 g/mol. The van der Waals surface area contributed by atoms with Crippen molar-refractivity contribution in [2.45, 2.75) is 40.0 Å². The topological polar surface area (TPSA) is 85.6 Å². The standard InChI is InChI=1S/C17H20N6OS/c1-4-5-6-15-19-12(3)16(25-15)17(24)20-13-8-7-11(2)14(9-13)23-10-18-21-22-23/h7-10H,4-6H2,1-3H3,(H,20,24). The van der Waals surface area contributed by atoms with Crippen molar-refractivity contribution in [1.82, 2.24) is 25.2 Å². The van der Waals surface area contributed by atoms with Crippen LogP contribution in [0.4, 0.5) is 5.69 Å². The fourth-order valence-corrected chi connectivity index (χ4v) is 3.49. The number of thiazole rings is 1. The first kappa shape index (κ1) is 17.2. The lowest BCUT2D eigenvalue weighted by Gasteiger charge is -2.09. The Labute approximate surface area is 150 Å². The average Bonchev–Trinajstić information content (AvgIpc) is 3.24. The minimum absolute atomic E-state index is 0.135. The Bertz CT molecular complexity index is 871. The number of tetrazole rings is 1. The highest BCUT2D eigenvalue weighted by Gasteiger charge is 2.16. The van der Waals surface area contributed by atoms with Crippen LogP contribution in [-0.2, 0) is 6.42 Å². The van der Waals surface area contributed by atoms with E-state index >= 15 is 0 Å². The molecule has 0 unspecified atom stereocenters. The average molecular weight is 356 g/mol. The van der Waals surface area contributed by atoms with Crippen molar-refractivity contribution in [1.29, 1.82) is 0 Å². The third-order valence-electron chi connectivity index (χ3n) is 3.85. The second-order valence-electron chi connectivity index (χ2n) is 5.84. The van der Waals surface area contributed by atoms with Gasteiger partial charge in [0.25, 0.3) is 5.91 Å². The number of benzene rings is 1. The summed E-state index contributed by atoms with van der Waals surface area (Å²) in [5, 5.41) is 15.2. The molecule has 0 aliphatic heterocycles. The van der Waals surface area contributed by atoms with E-state index in [2.05, 4.69) is 32.7 Å². The molecule has 0 spiro atoms. The van der Waals surface area contributed by atoms with E-state index in [0.29, 0.717) is 10.6 Å². The van der Waals surface area contributed by atoms with Crippen LogP contribution in [0.3, 0.4) is 0 Å². The molecule has 8 heteroatoms. The Morgan fingerprint density at radius 3 is 2.88 bits per heavy atom. The van der Waals surface area contributed by atoms with Crippen LogP contribution >= 0.6 is 11.3 Å². The zero-order valence-electron chi connectivity index (χ0n) is 14.5. The molecular weight excluding hydrogens is 336 g/mol. The van der Waals surface area contributed by atoms with Gasteiger partial charge in [0, 0.05) is 5.69 Å². The van der Waals surface area contributed by atoms with Gasteiger partial charge in [-0.1, -0.05) is 19.4 Å². The van der Waals surface area contributed by atoms with Gasteiger partial charge in [-0.3, -0.25) is 4.79 Å². The van der Waals surface area contributed by atoms with Crippen LogP contribution in [0.15, 0.2) is 24.5 Å². The maximum Gasteiger partial charge on any atom is 0.267 e. The molecule has 1 N–H and O–H groups in total. The van der Waals surface area contributed by atoms with Gasteiger partial charge in [0.1, 0.15) is 11.2 Å². The van der Waals surface area contributed by atoms with Crippen molar-refractivity contribution in [3.63, 3.8) is 0 Å². The maximum absolute atomic E-state index is 12.6. The molecule has 1 amide bonds. The molecule has 7 nitrogen and oxygen atoms in total. The lowest BCUT2D eigenvalue weighted by Crippen LogP contribution is -2.12. The van der Waals surface area contributed by atoms with E-state index in [-0.39, 0.29) is 5.91 Å². The number of rotatable bonds is 6. The van der Waals surface area contributed by atoms with Gasteiger partial charge in [-0.15, -0.1) is 16.4 Å².